The molecule has 5 aromatic rings. The molecule has 0 aliphatic carbocycles. The lowest BCUT2D eigenvalue weighted by atomic mass is 9.90. The van der Waals surface area contributed by atoms with Gasteiger partial charge in [-0.1, -0.05) is 38.0 Å². The van der Waals surface area contributed by atoms with Gasteiger partial charge >= 0.3 is 10.2 Å². The number of ether oxygens (including phenoxy) is 1. The van der Waals surface area contributed by atoms with Crippen LogP contribution in [0.25, 0.3) is 44.0 Å². The number of pyridine rings is 1. The first-order chi connectivity index (χ1) is 18.7. The number of rotatable bonds is 4. The van der Waals surface area contributed by atoms with Crippen LogP contribution in [0.1, 0.15) is 49.8 Å². The summed E-state index contributed by atoms with van der Waals surface area (Å²) in [6, 6.07) is 15.4. The highest BCUT2D eigenvalue weighted by Crippen LogP contribution is 2.38. The van der Waals surface area contributed by atoms with Crippen molar-refractivity contribution in [3.63, 3.8) is 0 Å². The topological polar surface area (TPSA) is 81.2 Å². The SMILES string of the molecule is C#Cc1ccc2c(c1)[nH]c1c2c(=O)c2cc(C(C)C)c(-c3cccc(S(=O)(=O)F)c3)cc2n1C1CCOCC1. The van der Waals surface area contributed by atoms with Gasteiger partial charge in [-0.05, 0) is 71.8 Å². The first-order valence-corrected chi connectivity index (χ1v) is 14.3. The van der Waals surface area contributed by atoms with Crippen LogP contribution < -0.4 is 5.43 Å². The third-order valence-corrected chi connectivity index (χ3v) is 8.51. The Morgan fingerprint density at radius 1 is 1.08 bits per heavy atom. The van der Waals surface area contributed by atoms with Gasteiger partial charge in [0.05, 0.1) is 15.8 Å². The quantitative estimate of drug-likeness (QED) is 0.210. The number of halogens is 1. The Morgan fingerprint density at radius 3 is 2.54 bits per heavy atom. The van der Waals surface area contributed by atoms with Crippen LogP contribution >= 0.6 is 0 Å². The van der Waals surface area contributed by atoms with E-state index in [1.807, 2.05) is 44.2 Å². The third-order valence-electron chi connectivity index (χ3n) is 7.69. The summed E-state index contributed by atoms with van der Waals surface area (Å²) in [6.45, 7) is 5.25. The van der Waals surface area contributed by atoms with Crippen molar-refractivity contribution in [1.29, 1.82) is 0 Å². The average Bonchev–Trinajstić information content (AvgIpc) is 3.31. The fourth-order valence-corrected chi connectivity index (χ4v) is 6.30. The Kier molecular flexibility index (Phi) is 6.09. The molecule has 2 aromatic heterocycles. The molecule has 3 heterocycles. The molecule has 39 heavy (non-hydrogen) atoms. The molecule has 0 amide bonds. The standard InChI is InChI=1S/C31H27FN2O4S/c1-4-19-8-9-23-27(14-19)33-31-29(23)30(35)26-16-24(18(2)3)25(20-6-5-7-22(15-20)39(32,36)37)17-28(26)34(31)21-10-12-38-13-11-21/h1,5-9,14-18,21,33H,10-13H2,2-3H3. The van der Waals surface area contributed by atoms with Crippen LogP contribution in [-0.2, 0) is 15.0 Å². The van der Waals surface area contributed by atoms with E-state index in [2.05, 4.69) is 15.5 Å². The normalized spacial score (nSPS) is 14.9. The largest absolute Gasteiger partial charge is 0.381 e. The van der Waals surface area contributed by atoms with Crippen LogP contribution in [0.4, 0.5) is 3.89 Å². The zero-order valence-corrected chi connectivity index (χ0v) is 22.4. The molecule has 0 bridgehead atoms. The van der Waals surface area contributed by atoms with Gasteiger partial charge in [0.2, 0.25) is 0 Å². The summed E-state index contributed by atoms with van der Waals surface area (Å²) in [5.41, 5.74) is 5.07. The Morgan fingerprint density at radius 2 is 1.85 bits per heavy atom. The van der Waals surface area contributed by atoms with Crippen molar-refractivity contribution in [3.8, 4) is 23.5 Å². The Bertz CT molecular complexity index is 1990. The summed E-state index contributed by atoms with van der Waals surface area (Å²) in [4.78, 5) is 17.2. The van der Waals surface area contributed by atoms with E-state index >= 15 is 0 Å². The second-order valence-electron chi connectivity index (χ2n) is 10.4. The minimum Gasteiger partial charge on any atom is -0.381 e. The van der Waals surface area contributed by atoms with Crippen LogP contribution in [0.3, 0.4) is 0 Å². The van der Waals surface area contributed by atoms with Gasteiger partial charge in [-0.15, -0.1) is 10.3 Å². The van der Waals surface area contributed by atoms with Gasteiger partial charge in [-0.3, -0.25) is 4.79 Å². The minimum atomic E-state index is -4.88. The van der Waals surface area contributed by atoms with Crippen molar-refractivity contribution in [2.24, 2.45) is 0 Å². The zero-order chi connectivity index (χ0) is 27.5. The van der Waals surface area contributed by atoms with Crippen molar-refractivity contribution < 1.29 is 17.0 Å². The summed E-state index contributed by atoms with van der Waals surface area (Å²) in [6.07, 6.45) is 7.19. The average molecular weight is 543 g/mol. The molecule has 1 N–H and O–H groups in total. The number of hydrogen-bond donors (Lipinski definition) is 1. The number of aromatic nitrogens is 2. The van der Waals surface area contributed by atoms with Gasteiger partial charge in [-0.25, -0.2) is 0 Å². The minimum absolute atomic E-state index is 0.0165. The lowest BCUT2D eigenvalue weighted by molar-refractivity contribution is 0.0715. The zero-order valence-electron chi connectivity index (χ0n) is 21.6. The summed E-state index contributed by atoms with van der Waals surface area (Å²) in [5.74, 6) is 2.68. The Labute approximate surface area is 225 Å². The molecule has 1 fully saturated rings. The number of H-pyrrole nitrogens is 1. The van der Waals surface area contributed by atoms with Crippen molar-refractivity contribution in [1.82, 2.24) is 9.55 Å². The maximum absolute atomic E-state index is 14.1. The molecule has 3 aromatic carbocycles. The van der Waals surface area contributed by atoms with Crippen molar-refractivity contribution in [3.05, 3.63) is 75.9 Å². The molecule has 6 nitrogen and oxygen atoms in total. The summed E-state index contributed by atoms with van der Waals surface area (Å²) < 4.78 is 45.1. The van der Waals surface area contributed by atoms with Crippen molar-refractivity contribution in [2.45, 2.75) is 43.5 Å². The number of hydrogen-bond acceptors (Lipinski definition) is 4. The van der Waals surface area contributed by atoms with Crippen LogP contribution in [0, 0.1) is 12.3 Å². The van der Waals surface area contributed by atoms with Crippen LogP contribution in [0.15, 0.2) is 64.3 Å². The lowest BCUT2D eigenvalue weighted by Crippen LogP contribution is -2.22. The second kappa shape index (κ2) is 9.37. The molecule has 0 saturated carbocycles. The van der Waals surface area contributed by atoms with E-state index in [4.69, 9.17) is 11.2 Å². The fraction of sp³-hybridized carbons (Fsp3) is 0.258. The molecule has 0 atom stereocenters. The maximum Gasteiger partial charge on any atom is 0.332 e. The molecule has 6 rings (SSSR count). The van der Waals surface area contributed by atoms with Gasteiger partial charge in [0.15, 0.2) is 5.43 Å². The van der Waals surface area contributed by atoms with Crippen molar-refractivity contribution in [2.75, 3.05) is 13.2 Å². The van der Waals surface area contributed by atoms with E-state index in [0.717, 1.165) is 46.0 Å². The predicted octanol–water partition coefficient (Wildman–Crippen LogP) is 6.42. The predicted molar refractivity (Wildman–Crippen MR) is 152 cm³/mol. The molecule has 1 saturated heterocycles. The number of aromatic amines is 1. The van der Waals surface area contributed by atoms with Gasteiger partial charge < -0.3 is 14.3 Å². The maximum atomic E-state index is 14.1. The molecule has 198 valence electrons. The Hall–Kier alpha value is -3.93. The highest BCUT2D eigenvalue weighted by atomic mass is 32.3. The molecule has 0 unspecified atom stereocenters. The van der Waals surface area contributed by atoms with Crippen LogP contribution in [0.2, 0.25) is 0 Å². The summed E-state index contributed by atoms with van der Waals surface area (Å²) in [5, 5.41) is 2.01. The molecule has 1 aliphatic rings. The third kappa shape index (κ3) is 4.22. The molecule has 1 aliphatic heterocycles. The van der Waals surface area contributed by atoms with Gasteiger partial charge in [0.1, 0.15) is 5.65 Å². The molecular weight excluding hydrogens is 515 g/mol. The van der Waals surface area contributed by atoms with Crippen molar-refractivity contribution >= 4 is 43.1 Å². The highest BCUT2D eigenvalue weighted by molar-refractivity contribution is 7.86. The highest BCUT2D eigenvalue weighted by Gasteiger charge is 2.25. The molecular formula is C31H27FN2O4S. The number of nitrogens with zero attached hydrogens (tertiary/aromatic N) is 1. The van der Waals surface area contributed by atoms with E-state index in [-0.39, 0.29) is 17.4 Å². The van der Waals surface area contributed by atoms with E-state index in [1.54, 1.807) is 6.07 Å². The van der Waals surface area contributed by atoms with Crippen LogP contribution in [0.5, 0.6) is 0 Å². The number of fused-ring (bicyclic) bond motifs is 4. The van der Waals surface area contributed by atoms with Crippen LogP contribution in [-0.4, -0.2) is 31.2 Å². The lowest BCUT2D eigenvalue weighted by Gasteiger charge is -2.28. The number of nitrogens with one attached hydrogen (secondary N) is 1. The second-order valence-corrected chi connectivity index (χ2v) is 11.7. The van der Waals surface area contributed by atoms with Gasteiger partial charge in [0.25, 0.3) is 0 Å². The number of benzene rings is 3. The smallest absolute Gasteiger partial charge is 0.332 e. The Balaban J connectivity index is 1.76. The summed E-state index contributed by atoms with van der Waals surface area (Å²) in [7, 11) is -4.88. The first kappa shape index (κ1) is 25.4. The van der Waals surface area contributed by atoms with E-state index in [9.17, 15) is 17.1 Å². The van der Waals surface area contributed by atoms with Gasteiger partial charge in [0, 0.05) is 41.1 Å². The van der Waals surface area contributed by atoms with Gasteiger partial charge in [-0.2, -0.15) is 8.42 Å². The number of terminal acetylenes is 1. The van der Waals surface area contributed by atoms with E-state index in [0.29, 0.717) is 35.2 Å². The fourth-order valence-electron chi connectivity index (χ4n) is 5.79. The molecule has 8 heteroatoms. The first-order valence-electron chi connectivity index (χ1n) is 12.9. The van der Waals surface area contributed by atoms with E-state index < -0.39 is 15.1 Å². The summed E-state index contributed by atoms with van der Waals surface area (Å²) >= 11 is 0. The van der Waals surface area contributed by atoms with E-state index in [1.165, 1.54) is 18.2 Å². The molecule has 0 spiro atoms. The molecule has 0 radical (unpaired) electrons. The monoisotopic (exact) mass is 542 g/mol.